The maximum atomic E-state index is 12.4. The number of hydrogen-bond acceptors (Lipinski definition) is 7. The van der Waals surface area contributed by atoms with Crippen LogP contribution in [0, 0.1) is 0 Å². The van der Waals surface area contributed by atoms with Gasteiger partial charge in [0.1, 0.15) is 11.5 Å². The first kappa shape index (κ1) is 28.1. The van der Waals surface area contributed by atoms with Gasteiger partial charge in [0, 0.05) is 18.3 Å². The lowest BCUT2D eigenvalue weighted by atomic mass is 9.94. The van der Waals surface area contributed by atoms with Crippen molar-refractivity contribution < 1.29 is 32.6 Å². The number of carboxylic acid groups (broad SMARTS) is 1. The highest BCUT2D eigenvalue weighted by molar-refractivity contribution is 7.89. The van der Waals surface area contributed by atoms with Crippen molar-refractivity contribution in [3.8, 4) is 17.4 Å². The zero-order valence-electron chi connectivity index (χ0n) is 21.5. The number of carboxylic acids is 1. The molecule has 0 bridgehead atoms. The number of amides is 1. The van der Waals surface area contributed by atoms with E-state index in [-0.39, 0.29) is 41.5 Å². The Morgan fingerprint density at radius 1 is 0.974 bits per heavy atom. The van der Waals surface area contributed by atoms with E-state index >= 15 is 0 Å². The second-order valence-electron chi connectivity index (χ2n) is 9.27. The van der Waals surface area contributed by atoms with Crippen molar-refractivity contribution >= 4 is 27.6 Å². The first-order valence-corrected chi connectivity index (χ1v) is 14.4. The van der Waals surface area contributed by atoms with Crippen molar-refractivity contribution in [2.45, 2.75) is 51.2 Å². The van der Waals surface area contributed by atoms with Gasteiger partial charge in [-0.15, -0.1) is 0 Å². The molecule has 0 radical (unpaired) electrons. The summed E-state index contributed by atoms with van der Waals surface area (Å²) in [7, 11) is -3.20. The number of aromatic nitrogens is 1. The van der Waals surface area contributed by atoms with Gasteiger partial charge >= 0.3 is 5.97 Å². The summed E-state index contributed by atoms with van der Waals surface area (Å²) in [4.78, 5) is 28.0. The van der Waals surface area contributed by atoms with Crippen LogP contribution >= 0.6 is 0 Å². The molecule has 206 valence electrons. The predicted molar refractivity (Wildman–Crippen MR) is 146 cm³/mol. The molecule has 10 nitrogen and oxygen atoms in total. The van der Waals surface area contributed by atoms with E-state index in [4.69, 9.17) is 9.47 Å². The molecule has 1 aliphatic rings. The molecule has 39 heavy (non-hydrogen) atoms. The summed E-state index contributed by atoms with van der Waals surface area (Å²) in [6.45, 7) is 1.63. The van der Waals surface area contributed by atoms with E-state index in [0.29, 0.717) is 22.9 Å². The Labute approximate surface area is 227 Å². The van der Waals surface area contributed by atoms with E-state index in [1.807, 2.05) is 12.1 Å². The van der Waals surface area contributed by atoms with Gasteiger partial charge in [0.05, 0.1) is 29.5 Å². The molecule has 0 unspecified atom stereocenters. The summed E-state index contributed by atoms with van der Waals surface area (Å²) in [6.07, 6.45) is 4.62. The average Bonchev–Trinajstić information content (AvgIpc) is 2.92. The van der Waals surface area contributed by atoms with Crippen molar-refractivity contribution in [1.82, 2.24) is 9.71 Å². The number of carbonyl (C=O) groups is 2. The molecular weight excluding hydrogens is 522 g/mol. The molecule has 3 N–H and O–H groups in total. The molecule has 1 saturated carbocycles. The normalized spacial score (nSPS) is 17.3. The van der Waals surface area contributed by atoms with Crippen LogP contribution in [0.3, 0.4) is 0 Å². The molecular formula is C28H31N3O7S. The van der Waals surface area contributed by atoms with Crippen LogP contribution in [0.25, 0.3) is 0 Å². The van der Waals surface area contributed by atoms with Crippen molar-refractivity contribution in [1.29, 1.82) is 0 Å². The Morgan fingerprint density at radius 2 is 1.67 bits per heavy atom. The molecule has 1 fully saturated rings. The quantitative estimate of drug-likeness (QED) is 0.317. The molecule has 0 atom stereocenters. The van der Waals surface area contributed by atoms with Crippen LogP contribution < -0.4 is 19.5 Å². The van der Waals surface area contributed by atoms with Gasteiger partial charge in [-0.2, -0.15) is 0 Å². The third kappa shape index (κ3) is 8.26. The van der Waals surface area contributed by atoms with E-state index in [9.17, 15) is 23.1 Å². The van der Waals surface area contributed by atoms with Crippen molar-refractivity contribution in [2.24, 2.45) is 0 Å². The topological polar surface area (TPSA) is 144 Å². The van der Waals surface area contributed by atoms with Gasteiger partial charge in [0.2, 0.25) is 21.8 Å². The summed E-state index contributed by atoms with van der Waals surface area (Å²) in [6, 6.07) is 16.7. The lowest BCUT2D eigenvalue weighted by Gasteiger charge is -2.29. The van der Waals surface area contributed by atoms with Gasteiger partial charge in [-0.3, -0.25) is 4.79 Å². The van der Waals surface area contributed by atoms with E-state index < -0.39 is 16.0 Å². The maximum Gasteiger partial charge on any atom is 0.337 e. The number of pyridine rings is 1. The molecule has 4 rings (SSSR count). The SMILES string of the molecule is CCS(=O)(=O)NC1CCC(Oc2ccc(Oc3ccc(CC(=O)Nc4ccccc4C(=O)O)cn3)cc2)CC1. The Hall–Kier alpha value is -3.96. The minimum absolute atomic E-state index is 0.0221. The summed E-state index contributed by atoms with van der Waals surface area (Å²) in [5, 5.41) is 11.9. The van der Waals surface area contributed by atoms with Crippen LogP contribution in [0.1, 0.15) is 48.5 Å². The number of carbonyl (C=O) groups excluding carboxylic acids is 1. The highest BCUT2D eigenvalue weighted by Gasteiger charge is 2.25. The number of ether oxygens (including phenoxy) is 2. The number of para-hydroxylation sites is 1. The fraction of sp³-hybridized carbons (Fsp3) is 0.321. The van der Waals surface area contributed by atoms with Gasteiger partial charge in [0.15, 0.2) is 0 Å². The molecule has 0 aliphatic heterocycles. The molecule has 1 aliphatic carbocycles. The monoisotopic (exact) mass is 553 g/mol. The lowest BCUT2D eigenvalue weighted by Crippen LogP contribution is -2.40. The number of nitrogens with zero attached hydrogens (tertiary/aromatic N) is 1. The minimum Gasteiger partial charge on any atom is -0.490 e. The van der Waals surface area contributed by atoms with Crippen molar-refractivity contribution in [3.05, 3.63) is 78.0 Å². The first-order valence-electron chi connectivity index (χ1n) is 12.7. The molecule has 0 spiro atoms. The van der Waals surface area contributed by atoms with Crippen molar-refractivity contribution in [3.63, 3.8) is 0 Å². The van der Waals surface area contributed by atoms with Crippen LogP contribution in [0.15, 0.2) is 66.9 Å². The number of nitrogens with one attached hydrogen (secondary N) is 2. The van der Waals surface area contributed by atoms with Gasteiger partial charge < -0.3 is 19.9 Å². The van der Waals surface area contributed by atoms with Crippen LogP contribution in [0.4, 0.5) is 5.69 Å². The van der Waals surface area contributed by atoms with E-state index in [1.165, 1.54) is 18.3 Å². The Morgan fingerprint density at radius 3 is 2.31 bits per heavy atom. The summed E-state index contributed by atoms with van der Waals surface area (Å²) in [5.41, 5.74) is 0.907. The minimum atomic E-state index is -3.20. The van der Waals surface area contributed by atoms with Gasteiger partial charge in [-0.1, -0.05) is 18.2 Å². The van der Waals surface area contributed by atoms with Crippen LogP contribution in [-0.2, 0) is 21.2 Å². The summed E-state index contributed by atoms with van der Waals surface area (Å²) >= 11 is 0. The van der Waals surface area contributed by atoms with E-state index in [2.05, 4.69) is 15.0 Å². The zero-order valence-corrected chi connectivity index (χ0v) is 22.3. The first-order chi connectivity index (χ1) is 18.7. The molecule has 0 saturated heterocycles. The Kier molecular flexibility index (Phi) is 9.15. The van der Waals surface area contributed by atoms with Gasteiger partial charge in [-0.25, -0.2) is 22.9 Å². The Bertz CT molecular complexity index is 1390. The third-order valence-electron chi connectivity index (χ3n) is 6.34. The molecule has 1 aromatic heterocycles. The third-order valence-corrected chi connectivity index (χ3v) is 7.80. The number of rotatable bonds is 11. The number of hydrogen-bond donors (Lipinski definition) is 3. The van der Waals surface area contributed by atoms with E-state index in [1.54, 1.807) is 43.3 Å². The van der Waals surface area contributed by atoms with Gasteiger partial charge in [0.25, 0.3) is 0 Å². The number of aromatic carboxylic acids is 1. The molecule has 3 aromatic rings. The van der Waals surface area contributed by atoms with Crippen LogP contribution in [-0.4, -0.2) is 48.3 Å². The molecule has 1 amide bonds. The van der Waals surface area contributed by atoms with Gasteiger partial charge in [-0.05, 0) is 74.6 Å². The second-order valence-corrected chi connectivity index (χ2v) is 11.3. The zero-order chi connectivity index (χ0) is 27.8. The predicted octanol–water partition coefficient (Wildman–Crippen LogP) is 4.38. The number of anilines is 1. The highest BCUT2D eigenvalue weighted by atomic mass is 32.2. The van der Waals surface area contributed by atoms with E-state index in [0.717, 1.165) is 25.7 Å². The molecule has 11 heteroatoms. The summed E-state index contributed by atoms with van der Waals surface area (Å²) < 4.78 is 38.1. The largest absolute Gasteiger partial charge is 0.490 e. The van der Waals surface area contributed by atoms with Crippen molar-refractivity contribution in [2.75, 3.05) is 11.1 Å². The standard InChI is InChI=1S/C28H31N3O7S/c1-2-39(35,36)31-20-8-10-21(11-9-20)37-22-12-14-23(15-13-22)38-27-16-7-19(18-29-27)17-26(32)30-25-6-4-3-5-24(25)28(33)34/h3-7,12-16,18,20-21,31H,2,8-11,17H2,1H3,(H,30,32)(H,33,34). The van der Waals surface area contributed by atoms with Crippen LogP contribution in [0.2, 0.25) is 0 Å². The fourth-order valence-corrected chi connectivity index (χ4v) is 5.18. The number of sulfonamides is 1. The smallest absolute Gasteiger partial charge is 0.337 e. The van der Waals surface area contributed by atoms with Crippen LogP contribution in [0.5, 0.6) is 17.4 Å². The fourth-order valence-electron chi connectivity index (χ4n) is 4.27. The Balaban J connectivity index is 1.24. The maximum absolute atomic E-state index is 12.4. The lowest BCUT2D eigenvalue weighted by molar-refractivity contribution is -0.115. The molecule has 2 aromatic carbocycles. The number of benzene rings is 2. The molecule has 1 heterocycles. The average molecular weight is 554 g/mol. The summed E-state index contributed by atoms with van der Waals surface area (Å²) in [5.74, 6) is 0.250. The second kappa shape index (κ2) is 12.7. The highest BCUT2D eigenvalue weighted by Crippen LogP contribution is 2.27.